The molecule has 0 bridgehead atoms. The summed E-state index contributed by atoms with van der Waals surface area (Å²) in [6.07, 6.45) is 0. The molecule has 4 heteroatoms. The minimum absolute atomic E-state index is 0.148. The Bertz CT molecular complexity index is 858. The number of esters is 1. The van der Waals surface area contributed by atoms with E-state index in [1.165, 1.54) is 0 Å². The zero-order chi connectivity index (χ0) is 17.6. The number of carbonyl (C=O) groups is 1. The maximum Gasteiger partial charge on any atom is 0.349 e. The van der Waals surface area contributed by atoms with Gasteiger partial charge in [0, 0.05) is 0 Å². The Hall–Kier alpha value is -2.59. The van der Waals surface area contributed by atoms with Gasteiger partial charge in [-0.25, -0.2) is 4.79 Å². The zero-order valence-corrected chi connectivity index (χ0v) is 15.3. The van der Waals surface area contributed by atoms with E-state index in [0.29, 0.717) is 11.5 Å². The van der Waals surface area contributed by atoms with Crippen molar-refractivity contribution in [3.05, 3.63) is 82.8 Å². The highest BCUT2D eigenvalue weighted by molar-refractivity contribution is 9.10. The Morgan fingerprint density at radius 3 is 2.28 bits per heavy atom. The summed E-state index contributed by atoms with van der Waals surface area (Å²) < 4.78 is 11.6. The van der Waals surface area contributed by atoms with Gasteiger partial charge in [0.2, 0.25) is 0 Å². The van der Waals surface area contributed by atoms with Crippen LogP contribution >= 0.6 is 15.9 Å². The zero-order valence-electron chi connectivity index (χ0n) is 13.7. The van der Waals surface area contributed by atoms with Gasteiger partial charge in [-0.1, -0.05) is 48.5 Å². The molecule has 0 radical (unpaired) electrons. The molecule has 0 fully saturated rings. The van der Waals surface area contributed by atoms with E-state index < -0.39 is 5.97 Å². The van der Waals surface area contributed by atoms with Crippen LogP contribution in [-0.2, 0) is 4.79 Å². The molecule has 3 nitrogen and oxygen atoms in total. The van der Waals surface area contributed by atoms with Crippen LogP contribution in [0, 0.1) is 6.92 Å². The molecule has 0 aliphatic heterocycles. The lowest BCUT2D eigenvalue weighted by Crippen LogP contribution is -2.17. The van der Waals surface area contributed by atoms with Gasteiger partial charge in [0.15, 0.2) is 6.61 Å². The van der Waals surface area contributed by atoms with E-state index in [-0.39, 0.29) is 6.61 Å². The average Bonchev–Trinajstić information content (AvgIpc) is 2.63. The number of ether oxygens (including phenoxy) is 2. The van der Waals surface area contributed by atoms with Crippen molar-refractivity contribution in [1.29, 1.82) is 0 Å². The average molecular weight is 397 g/mol. The Morgan fingerprint density at radius 2 is 1.60 bits per heavy atom. The van der Waals surface area contributed by atoms with Gasteiger partial charge in [-0.05, 0) is 63.8 Å². The van der Waals surface area contributed by atoms with Crippen molar-refractivity contribution in [1.82, 2.24) is 0 Å². The minimum Gasteiger partial charge on any atom is -0.482 e. The summed E-state index contributed by atoms with van der Waals surface area (Å²) in [5.74, 6) is 0.662. The van der Waals surface area contributed by atoms with Crippen LogP contribution in [-0.4, -0.2) is 12.6 Å². The van der Waals surface area contributed by atoms with E-state index in [1.54, 1.807) is 6.07 Å². The van der Waals surface area contributed by atoms with E-state index in [1.807, 2.05) is 73.7 Å². The van der Waals surface area contributed by atoms with Crippen LogP contribution in [0.2, 0.25) is 0 Å². The largest absolute Gasteiger partial charge is 0.482 e. The van der Waals surface area contributed by atoms with Gasteiger partial charge in [-0.3, -0.25) is 0 Å². The molecular weight excluding hydrogens is 380 g/mol. The first-order chi connectivity index (χ1) is 12.1. The van der Waals surface area contributed by atoms with Crippen molar-refractivity contribution in [3.8, 4) is 22.6 Å². The Balaban J connectivity index is 1.57. The molecule has 0 amide bonds. The molecule has 0 saturated carbocycles. The predicted octanol–water partition coefficient (Wildman–Crippen LogP) is 5.41. The fourth-order valence-electron chi connectivity index (χ4n) is 2.36. The van der Waals surface area contributed by atoms with Crippen molar-refractivity contribution in [2.75, 3.05) is 6.61 Å². The number of benzene rings is 3. The number of rotatable bonds is 5. The fraction of sp³-hybridized carbons (Fsp3) is 0.0952. The maximum absolute atomic E-state index is 11.9. The van der Waals surface area contributed by atoms with E-state index >= 15 is 0 Å². The van der Waals surface area contributed by atoms with Crippen molar-refractivity contribution < 1.29 is 14.3 Å². The highest BCUT2D eigenvalue weighted by Crippen LogP contribution is 2.26. The molecule has 3 aromatic carbocycles. The van der Waals surface area contributed by atoms with E-state index in [4.69, 9.17) is 9.47 Å². The third kappa shape index (κ3) is 4.70. The van der Waals surface area contributed by atoms with E-state index in [2.05, 4.69) is 15.9 Å². The van der Waals surface area contributed by atoms with Gasteiger partial charge in [0.05, 0.1) is 4.47 Å². The Labute approximate surface area is 155 Å². The normalized spacial score (nSPS) is 10.3. The highest BCUT2D eigenvalue weighted by Gasteiger charge is 2.09. The molecule has 0 aliphatic rings. The van der Waals surface area contributed by atoms with Gasteiger partial charge in [-0.15, -0.1) is 0 Å². The molecule has 0 atom stereocenters. The molecule has 0 aromatic heterocycles. The Kier molecular flexibility index (Phi) is 5.51. The lowest BCUT2D eigenvalue weighted by molar-refractivity contribution is -0.136. The molecule has 0 spiro atoms. The molecule has 3 rings (SSSR count). The molecule has 0 aliphatic carbocycles. The maximum atomic E-state index is 11.9. The van der Waals surface area contributed by atoms with E-state index in [0.717, 1.165) is 21.2 Å². The van der Waals surface area contributed by atoms with E-state index in [9.17, 15) is 4.79 Å². The second-order valence-corrected chi connectivity index (χ2v) is 6.44. The second kappa shape index (κ2) is 7.99. The van der Waals surface area contributed by atoms with Crippen molar-refractivity contribution in [2.24, 2.45) is 0 Å². The van der Waals surface area contributed by atoms with Gasteiger partial charge < -0.3 is 9.47 Å². The van der Waals surface area contributed by atoms with Gasteiger partial charge in [0.1, 0.15) is 11.5 Å². The summed E-state index contributed by atoms with van der Waals surface area (Å²) in [7, 11) is 0. The first-order valence-corrected chi connectivity index (χ1v) is 8.66. The number of halogens is 1. The summed E-state index contributed by atoms with van der Waals surface area (Å²) in [4.78, 5) is 11.9. The predicted molar refractivity (Wildman–Crippen MR) is 102 cm³/mol. The summed E-state index contributed by atoms with van der Waals surface area (Å²) >= 11 is 3.38. The lowest BCUT2D eigenvalue weighted by atomic mass is 10.1. The number of hydrogen-bond acceptors (Lipinski definition) is 3. The molecule has 0 saturated heterocycles. The SMILES string of the molecule is Cc1ccc(OC(=O)COc2ccc(-c3ccccc3)cc2)c(Br)c1. The smallest absolute Gasteiger partial charge is 0.349 e. The van der Waals surface area contributed by atoms with Gasteiger partial charge in [-0.2, -0.15) is 0 Å². The summed E-state index contributed by atoms with van der Waals surface area (Å²) in [6.45, 7) is 1.82. The van der Waals surface area contributed by atoms with Crippen molar-refractivity contribution in [3.63, 3.8) is 0 Å². The quantitative estimate of drug-likeness (QED) is 0.427. The lowest BCUT2D eigenvalue weighted by Gasteiger charge is -2.09. The highest BCUT2D eigenvalue weighted by atomic mass is 79.9. The van der Waals surface area contributed by atoms with Crippen LogP contribution < -0.4 is 9.47 Å². The fourth-order valence-corrected chi connectivity index (χ4v) is 2.93. The Morgan fingerprint density at radius 1 is 0.920 bits per heavy atom. The molecule has 0 N–H and O–H groups in total. The summed E-state index contributed by atoms with van der Waals surface area (Å²) in [5, 5.41) is 0. The van der Waals surface area contributed by atoms with Crippen LogP contribution in [0.5, 0.6) is 11.5 Å². The third-order valence-corrected chi connectivity index (χ3v) is 4.25. The van der Waals surface area contributed by atoms with Crippen LogP contribution in [0.3, 0.4) is 0 Å². The van der Waals surface area contributed by atoms with Crippen molar-refractivity contribution >= 4 is 21.9 Å². The van der Waals surface area contributed by atoms with Gasteiger partial charge in [0.25, 0.3) is 0 Å². The number of aryl methyl sites for hydroxylation is 1. The van der Waals surface area contributed by atoms with Crippen LogP contribution in [0.15, 0.2) is 77.3 Å². The standard InChI is InChI=1S/C21H17BrO3/c1-15-7-12-20(19(22)13-15)25-21(23)14-24-18-10-8-17(9-11-18)16-5-3-2-4-6-16/h2-13H,14H2,1H3. The van der Waals surface area contributed by atoms with Crippen LogP contribution in [0.25, 0.3) is 11.1 Å². The molecular formula is C21H17BrO3. The first-order valence-electron chi connectivity index (χ1n) is 7.87. The van der Waals surface area contributed by atoms with Crippen molar-refractivity contribution in [2.45, 2.75) is 6.92 Å². The van der Waals surface area contributed by atoms with Crippen LogP contribution in [0.1, 0.15) is 5.56 Å². The monoisotopic (exact) mass is 396 g/mol. The second-order valence-electron chi connectivity index (χ2n) is 5.59. The first kappa shape index (κ1) is 17.2. The van der Waals surface area contributed by atoms with Crippen LogP contribution in [0.4, 0.5) is 0 Å². The molecule has 126 valence electrons. The molecule has 0 unspecified atom stereocenters. The topological polar surface area (TPSA) is 35.5 Å². The third-order valence-electron chi connectivity index (χ3n) is 3.63. The number of carbonyl (C=O) groups excluding carboxylic acids is 1. The number of hydrogen-bond donors (Lipinski definition) is 0. The molecule has 0 heterocycles. The summed E-state index contributed by atoms with van der Waals surface area (Å²) in [6, 6.07) is 23.2. The summed E-state index contributed by atoms with van der Waals surface area (Å²) in [5.41, 5.74) is 3.32. The van der Waals surface area contributed by atoms with Gasteiger partial charge >= 0.3 is 5.97 Å². The molecule has 3 aromatic rings. The molecule has 25 heavy (non-hydrogen) atoms. The minimum atomic E-state index is -0.448.